The predicted octanol–water partition coefficient (Wildman–Crippen LogP) is 6.09. The molecule has 0 fully saturated rings. The Hall–Kier alpha value is -2.87. The molecule has 2 aliphatic rings. The second-order valence-electron chi connectivity index (χ2n) is 9.23. The summed E-state index contributed by atoms with van der Waals surface area (Å²) < 4.78 is 18.2. The third-order valence-corrected chi connectivity index (χ3v) is 7.20. The molecule has 6 heteroatoms. The van der Waals surface area contributed by atoms with Crippen molar-refractivity contribution in [3.8, 4) is 22.8 Å². The maximum Gasteiger partial charge on any atom is 0.344 e. The van der Waals surface area contributed by atoms with Gasteiger partial charge in [-0.05, 0) is 45.7 Å². The summed E-state index contributed by atoms with van der Waals surface area (Å²) >= 11 is 2.18. The molecule has 5 nitrogen and oxygen atoms in total. The number of ether oxygens (including phenoxy) is 2. The smallest absolute Gasteiger partial charge is 0.344 e. The minimum atomic E-state index is -0.548. The molecule has 5 rings (SSSR count). The molecule has 2 heterocycles. The highest BCUT2D eigenvalue weighted by molar-refractivity contribution is 14.1. The Morgan fingerprint density at radius 3 is 2.36 bits per heavy atom. The van der Waals surface area contributed by atoms with Gasteiger partial charge in [0.25, 0.3) is 0 Å². The molecular formula is C27H23IO5. The molecule has 0 bridgehead atoms. The largest absolute Gasteiger partial charge is 0.497 e. The summed E-state index contributed by atoms with van der Waals surface area (Å²) in [5, 5.41) is 0. The van der Waals surface area contributed by atoms with Gasteiger partial charge in [-0.25, -0.2) is 4.79 Å². The van der Waals surface area contributed by atoms with Crippen LogP contribution in [0.3, 0.4) is 0 Å². The summed E-state index contributed by atoms with van der Waals surface area (Å²) in [6, 6.07) is 17.0. The molecule has 3 aromatic rings. The number of carbonyl (C=O) groups is 1. The van der Waals surface area contributed by atoms with Gasteiger partial charge in [0.1, 0.15) is 11.5 Å². The molecule has 0 amide bonds. The quantitative estimate of drug-likeness (QED) is 0.367. The number of rotatable bonds is 3. The maximum absolute atomic E-state index is 13.4. The van der Waals surface area contributed by atoms with Crippen molar-refractivity contribution in [3.05, 3.63) is 91.0 Å². The topological polar surface area (TPSA) is 65.7 Å². The molecule has 0 spiro atoms. The second kappa shape index (κ2) is 8.17. The van der Waals surface area contributed by atoms with Crippen LogP contribution in [0.25, 0.3) is 11.3 Å². The third kappa shape index (κ3) is 3.80. The normalized spacial score (nSPS) is 18.9. The van der Waals surface area contributed by atoms with E-state index in [0.29, 0.717) is 50.6 Å². The molecule has 1 aromatic heterocycles. The van der Waals surface area contributed by atoms with Gasteiger partial charge < -0.3 is 13.9 Å². The minimum absolute atomic E-state index is 0.00858. The zero-order valence-corrected chi connectivity index (χ0v) is 20.8. The van der Waals surface area contributed by atoms with Gasteiger partial charge in [0.15, 0.2) is 17.3 Å². The number of Topliss-reactive ketones (excluding diaryl/α,β-unsaturated/α-hetero) is 1. The fourth-order valence-corrected chi connectivity index (χ4v) is 5.54. The Labute approximate surface area is 205 Å². The van der Waals surface area contributed by atoms with E-state index >= 15 is 0 Å². The first-order chi connectivity index (χ1) is 15.8. The van der Waals surface area contributed by atoms with E-state index in [1.807, 2.05) is 54.6 Å². The van der Waals surface area contributed by atoms with Gasteiger partial charge in [0, 0.05) is 24.0 Å². The van der Waals surface area contributed by atoms with Crippen LogP contribution in [0.15, 0.2) is 75.1 Å². The number of fused-ring (bicyclic) bond motifs is 1. The number of hydrogen-bond donors (Lipinski definition) is 0. The van der Waals surface area contributed by atoms with Crippen molar-refractivity contribution in [3.63, 3.8) is 0 Å². The van der Waals surface area contributed by atoms with E-state index < -0.39 is 11.5 Å². The molecule has 0 saturated heterocycles. The van der Waals surface area contributed by atoms with E-state index in [1.165, 1.54) is 0 Å². The summed E-state index contributed by atoms with van der Waals surface area (Å²) in [5.41, 5.74) is 1.85. The molecule has 0 saturated carbocycles. The van der Waals surface area contributed by atoms with Gasteiger partial charge in [-0.15, -0.1) is 0 Å². The van der Waals surface area contributed by atoms with Crippen molar-refractivity contribution in [2.45, 2.75) is 32.6 Å². The lowest BCUT2D eigenvalue weighted by atomic mass is 9.70. The fourth-order valence-electron chi connectivity index (χ4n) is 4.72. The highest BCUT2D eigenvalue weighted by Crippen LogP contribution is 2.51. The number of halogens is 1. The van der Waals surface area contributed by atoms with Gasteiger partial charge >= 0.3 is 5.63 Å². The molecule has 1 unspecified atom stereocenters. The Morgan fingerprint density at radius 1 is 1.00 bits per heavy atom. The average Bonchev–Trinajstić information content (AvgIpc) is 2.80. The van der Waals surface area contributed by atoms with E-state index in [2.05, 4.69) is 36.4 Å². The molecule has 33 heavy (non-hydrogen) atoms. The van der Waals surface area contributed by atoms with E-state index in [4.69, 9.17) is 13.9 Å². The molecule has 1 aliphatic carbocycles. The van der Waals surface area contributed by atoms with Crippen molar-refractivity contribution in [2.24, 2.45) is 5.41 Å². The van der Waals surface area contributed by atoms with Crippen LogP contribution in [-0.4, -0.2) is 12.9 Å². The van der Waals surface area contributed by atoms with E-state index in [9.17, 15) is 9.59 Å². The van der Waals surface area contributed by atoms with E-state index in [1.54, 1.807) is 7.11 Å². The summed E-state index contributed by atoms with van der Waals surface area (Å²) in [7, 11) is 1.61. The third-order valence-electron chi connectivity index (χ3n) is 6.22. The number of allylic oxidation sites excluding steroid dienone is 2. The molecule has 1 atom stereocenters. The van der Waals surface area contributed by atoms with Crippen LogP contribution in [0.2, 0.25) is 0 Å². The highest BCUT2D eigenvalue weighted by Gasteiger charge is 2.44. The first-order valence-electron chi connectivity index (χ1n) is 10.8. The lowest BCUT2D eigenvalue weighted by molar-refractivity contribution is -0.118. The SMILES string of the molecule is COc1ccc(C2C3=C(CC(C)(C)CC3=O)Oc3c(I)c(-c4ccccc4)oc(=O)c32)cc1. The van der Waals surface area contributed by atoms with Gasteiger partial charge in [-0.1, -0.05) is 56.3 Å². The highest BCUT2D eigenvalue weighted by atomic mass is 127. The van der Waals surface area contributed by atoms with Crippen LogP contribution in [0.1, 0.15) is 43.7 Å². The molecule has 168 valence electrons. The van der Waals surface area contributed by atoms with Crippen molar-refractivity contribution in [1.29, 1.82) is 0 Å². The number of ketones is 1. The van der Waals surface area contributed by atoms with Gasteiger partial charge in [-0.3, -0.25) is 4.79 Å². The summed E-state index contributed by atoms with van der Waals surface area (Å²) in [6.07, 6.45) is 1.03. The van der Waals surface area contributed by atoms with Crippen molar-refractivity contribution in [2.75, 3.05) is 7.11 Å². The number of methoxy groups -OCH3 is 1. The monoisotopic (exact) mass is 554 g/mol. The number of carbonyl (C=O) groups excluding carboxylic acids is 1. The van der Waals surface area contributed by atoms with Crippen LogP contribution in [0, 0.1) is 8.99 Å². The van der Waals surface area contributed by atoms with Gasteiger partial charge in [-0.2, -0.15) is 0 Å². The predicted molar refractivity (Wildman–Crippen MR) is 134 cm³/mol. The van der Waals surface area contributed by atoms with Crippen molar-refractivity contribution in [1.82, 2.24) is 0 Å². The summed E-state index contributed by atoms with van der Waals surface area (Å²) in [4.78, 5) is 26.8. The zero-order chi connectivity index (χ0) is 23.3. The molecule has 2 aromatic carbocycles. The fraction of sp³-hybridized carbons (Fsp3) is 0.259. The number of benzene rings is 2. The average molecular weight is 554 g/mol. The van der Waals surface area contributed by atoms with E-state index in [-0.39, 0.29) is 11.2 Å². The summed E-state index contributed by atoms with van der Waals surface area (Å²) in [6.45, 7) is 4.13. The molecule has 1 aliphatic heterocycles. The maximum atomic E-state index is 13.4. The lowest BCUT2D eigenvalue weighted by Gasteiger charge is -2.38. The zero-order valence-electron chi connectivity index (χ0n) is 18.6. The Morgan fingerprint density at radius 2 is 1.70 bits per heavy atom. The standard InChI is InChI=1S/C27H23IO5/c1-27(2)13-18(29)21-19(14-27)32-25-22(20(21)15-9-11-17(31-3)12-10-15)26(30)33-24(23(25)28)16-7-5-4-6-8-16/h4-12,20H,13-14H2,1-3H3. The van der Waals surface area contributed by atoms with Gasteiger partial charge in [0.2, 0.25) is 0 Å². The van der Waals surface area contributed by atoms with Crippen LogP contribution >= 0.6 is 22.6 Å². The molecule has 0 N–H and O–H groups in total. The first kappa shape index (κ1) is 21.9. The first-order valence-corrected chi connectivity index (χ1v) is 11.9. The minimum Gasteiger partial charge on any atom is -0.497 e. The Balaban J connectivity index is 1.77. The number of hydrogen-bond acceptors (Lipinski definition) is 5. The van der Waals surface area contributed by atoms with Crippen LogP contribution in [0.4, 0.5) is 0 Å². The Kier molecular flexibility index (Phi) is 5.43. The van der Waals surface area contributed by atoms with Crippen molar-refractivity contribution >= 4 is 28.4 Å². The second-order valence-corrected chi connectivity index (χ2v) is 10.3. The van der Waals surface area contributed by atoms with Gasteiger partial charge in [0.05, 0.1) is 22.2 Å². The van der Waals surface area contributed by atoms with Crippen molar-refractivity contribution < 1.29 is 18.7 Å². The lowest BCUT2D eigenvalue weighted by Crippen LogP contribution is -2.35. The Bertz CT molecular complexity index is 1330. The molecular weight excluding hydrogens is 531 g/mol. The molecule has 0 radical (unpaired) electrons. The van der Waals surface area contributed by atoms with Crippen LogP contribution in [0.5, 0.6) is 11.5 Å². The van der Waals surface area contributed by atoms with E-state index in [0.717, 1.165) is 11.1 Å². The van der Waals surface area contributed by atoms with Crippen LogP contribution in [-0.2, 0) is 4.79 Å². The summed E-state index contributed by atoms with van der Waals surface area (Å²) in [5.74, 6) is 1.77. The van der Waals surface area contributed by atoms with Crippen LogP contribution < -0.4 is 15.1 Å².